The fraction of sp³-hybridized carbons (Fsp3) is 0.440. The normalized spacial score (nSPS) is 15.5. The summed E-state index contributed by atoms with van der Waals surface area (Å²) in [4.78, 5) is 51.8. The summed E-state index contributed by atoms with van der Waals surface area (Å²) in [6.07, 6.45) is 1.02. The minimum absolute atomic E-state index is 0.0624. The number of halogens is 1. The van der Waals surface area contributed by atoms with Crippen molar-refractivity contribution in [3.8, 4) is 0 Å². The molecule has 3 rings (SSSR count). The molecule has 0 saturated carbocycles. The van der Waals surface area contributed by atoms with Crippen molar-refractivity contribution in [2.45, 2.75) is 46.1 Å². The van der Waals surface area contributed by atoms with Gasteiger partial charge in [-0.05, 0) is 69.9 Å². The Morgan fingerprint density at radius 1 is 1.11 bits per heavy atom. The number of nitrogens with one attached hydrogen (secondary N) is 2. The van der Waals surface area contributed by atoms with Crippen LogP contribution in [0.15, 0.2) is 18.2 Å². The summed E-state index contributed by atoms with van der Waals surface area (Å²) in [6.45, 7) is 7.65. The number of carboxylic acids is 1. The number of amides is 2. The number of carbonyl (C=O) groups excluding carboxylic acids is 3. The van der Waals surface area contributed by atoms with Gasteiger partial charge in [-0.15, -0.1) is 0 Å². The van der Waals surface area contributed by atoms with E-state index in [1.807, 2.05) is 6.92 Å². The molecular formula is C25H31FN4O5. The molecule has 2 amide bonds. The van der Waals surface area contributed by atoms with Crippen LogP contribution in [-0.4, -0.2) is 63.3 Å². The number of carbonyl (C=O) groups is 4. The van der Waals surface area contributed by atoms with Crippen LogP contribution in [0.25, 0.3) is 0 Å². The van der Waals surface area contributed by atoms with Crippen molar-refractivity contribution in [2.75, 3.05) is 25.0 Å². The highest BCUT2D eigenvalue weighted by Gasteiger charge is 2.35. The summed E-state index contributed by atoms with van der Waals surface area (Å²) >= 11 is 0. The summed E-state index contributed by atoms with van der Waals surface area (Å²) in [5.74, 6) is -3.27. The van der Waals surface area contributed by atoms with Gasteiger partial charge in [0.1, 0.15) is 5.82 Å². The van der Waals surface area contributed by atoms with E-state index >= 15 is 0 Å². The minimum Gasteiger partial charge on any atom is -0.480 e. The zero-order chi connectivity index (χ0) is 26.1. The first kappa shape index (κ1) is 26.1. The molecule has 0 unspecified atom stereocenters. The van der Waals surface area contributed by atoms with Crippen LogP contribution < -0.4 is 10.6 Å². The maximum atomic E-state index is 13.6. The van der Waals surface area contributed by atoms with E-state index in [0.29, 0.717) is 48.4 Å². The van der Waals surface area contributed by atoms with Crippen molar-refractivity contribution in [3.63, 3.8) is 0 Å². The van der Waals surface area contributed by atoms with Crippen LogP contribution >= 0.6 is 0 Å². The molecule has 1 aliphatic heterocycles. The Morgan fingerprint density at radius 3 is 2.31 bits per heavy atom. The lowest BCUT2D eigenvalue weighted by atomic mass is 9.89. The third kappa shape index (κ3) is 5.59. The molecule has 1 aromatic heterocycles. The largest absolute Gasteiger partial charge is 0.480 e. The number of aryl methyl sites for hydroxylation is 1. The van der Waals surface area contributed by atoms with E-state index in [9.17, 15) is 23.6 Å². The lowest BCUT2D eigenvalue weighted by Crippen LogP contribution is -2.55. The Kier molecular flexibility index (Phi) is 7.44. The first-order valence-corrected chi connectivity index (χ1v) is 11.4. The molecule has 1 saturated heterocycles. The van der Waals surface area contributed by atoms with E-state index in [2.05, 4.69) is 10.6 Å². The van der Waals surface area contributed by atoms with Crippen molar-refractivity contribution in [1.82, 2.24) is 14.8 Å². The number of carboxylic acid groups (broad SMARTS) is 1. The average molecular weight is 487 g/mol. The summed E-state index contributed by atoms with van der Waals surface area (Å²) in [5.41, 5.74) is 1.46. The van der Waals surface area contributed by atoms with Gasteiger partial charge in [0.15, 0.2) is 0 Å². The molecule has 0 bridgehead atoms. The van der Waals surface area contributed by atoms with Crippen LogP contribution in [0.1, 0.15) is 57.4 Å². The third-order valence-electron chi connectivity index (χ3n) is 6.73. The van der Waals surface area contributed by atoms with Crippen molar-refractivity contribution < 1.29 is 28.7 Å². The third-order valence-corrected chi connectivity index (χ3v) is 6.73. The fourth-order valence-electron chi connectivity index (χ4n) is 4.51. The Morgan fingerprint density at radius 2 is 1.74 bits per heavy atom. The van der Waals surface area contributed by atoms with E-state index < -0.39 is 29.1 Å². The van der Waals surface area contributed by atoms with Gasteiger partial charge >= 0.3 is 5.97 Å². The van der Waals surface area contributed by atoms with Crippen LogP contribution in [-0.2, 0) is 16.6 Å². The van der Waals surface area contributed by atoms with Gasteiger partial charge in [-0.2, -0.15) is 0 Å². The zero-order valence-electron chi connectivity index (χ0n) is 20.6. The number of likely N-dealkylation sites (tertiary alicyclic amines) is 1. The van der Waals surface area contributed by atoms with E-state index in [1.165, 1.54) is 22.8 Å². The Balaban J connectivity index is 1.76. The van der Waals surface area contributed by atoms with Gasteiger partial charge in [-0.1, -0.05) is 0 Å². The number of anilines is 1. The molecule has 9 nitrogen and oxygen atoms in total. The molecular weight excluding hydrogens is 455 g/mol. The number of nitrogens with zero attached hydrogens (tertiary/aromatic N) is 2. The second kappa shape index (κ2) is 9.99. The maximum Gasteiger partial charge on any atom is 0.317 e. The zero-order valence-corrected chi connectivity index (χ0v) is 20.6. The monoisotopic (exact) mass is 486 g/mol. The standard InChI is InChI=1S/C25H31FN4O5/c1-14-12-17(6-7-18(14)26)27-23(34)20-15(2)21(29(5)16(20)3)22(33)24(35)28-25(4)8-10-30(11-9-25)13-19(31)32/h6-7,12H,8-11,13H2,1-5H3,(H,27,34)(H,28,35)(H,31,32). The number of aliphatic carboxylic acids is 1. The number of aromatic nitrogens is 1. The molecule has 2 aromatic rings. The first-order chi connectivity index (χ1) is 16.3. The van der Waals surface area contributed by atoms with E-state index in [0.717, 1.165) is 0 Å². The second-order valence-corrected chi connectivity index (χ2v) is 9.42. The van der Waals surface area contributed by atoms with Crippen LogP contribution in [0.3, 0.4) is 0 Å². The van der Waals surface area contributed by atoms with Crippen LogP contribution in [0.2, 0.25) is 0 Å². The summed E-state index contributed by atoms with van der Waals surface area (Å²) in [6, 6.07) is 4.24. The van der Waals surface area contributed by atoms with E-state index in [1.54, 1.807) is 32.7 Å². The molecule has 1 aromatic carbocycles. The van der Waals surface area contributed by atoms with Crippen molar-refractivity contribution >= 4 is 29.3 Å². The molecule has 10 heteroatoms. The summed E-state index contributed by atoms with van der Waals surface area (Å²) < 4.78 is 15.1. The number of ketones is 1. The SMILES string of the molecule is Cc1cc(NC(=O)c2c(C)c(C(=O)C(=O)NC3(C)CCN(CC(=O)O)CC3)n(C)c2C)ccc1F. The lowest BCUT2D eigenvalue weighted by Gasteiger charge is -2.39. The Hall–Kier alpha value is -3.53. The molecule has 1 fully saturated rings. The topological polar surface area (TPSA) is 121 Å². The van der Waals surface area contributed by atoms with Crippen LogP contribution in [0.5, 0.6) is 0 Å². The van der Waals surface area contributed by atoms with Gasteiger partial charge in [0.25, 0.3) is 17.6 Å². The van der Waals surface area contributed by atoms with Crippen LogP contribution in [0.4, 0.5) is 10.1 Å². The number of hydrogen-bond donors (Lipinski definition) is 3. The quantitative estimate of drug-likeness (QED) is 0.409. The van der Waals surface area contributed by atoms with Crippen molar-refractivity contribution in [1.29, 1.82) is 0 Å². The highest BCUT2D eigenvalue weighted by Crippen LogP contribution is 2.25. The number of benzene rings is 1. The molecule has 0 radical (unpaired) electrons. The molecule has 1 aliphatic rings. The predicted octanol–water partition coefficient (Wildman–Crippen LogP) is 2.58. The van der Waals surface area contributed by atoms with Crippen molar-refractivity contribution in [2.24, 2.45) is 7.05 Å². The van der Waals surface area contributed by atoms with Gasteiger partial charge in [0.2, 0.25) is 0 Å². The van der Waals surface area contributed by atoms with Gasteiger partial charge in [0.05, 0.1) is 17.8 Å². The molecule has 0 spiro atoms. The fourth-order valence-corrected chi connectivity index (χ4v) is 4.51. The molecule has 2 heterocycles. The van der Waals surface area contributed by atoms with E-state index in [-0.39, 0.29) is 23.6 Å². The number of hydrogen-bond acceptors (Lipinski definition) is 5. The summed E-state index contributed by atoms with van der Waals surface area (Å²) in [7, 11) is 1.62. The molecule has 188 valence electrons. The highest BCUT2D eigenvalue weighted by atomic mass is 19.1. The number of rotatable bonds is 7. The predicted molar refractivity (Wildman–Crippen MR) is 128 cm³/mol. The lowest BCUT2D eigenvalue weighted by molar-refractivity contribution is -0.139. The highest BCUT2D eigenvalue weighted by molar-refractivity contribution is 6.43. The average Bonchev–Trinajstić information content (AvgIpc) is 2.99. The molecule has 0 atom stereocenters. The number of piperidine rings is 1. The van der Waals surface area contributed by atoms with Crippen LogP contribution in [0, 0.1) is 26.6 Å². The Labute approximate surface area is 203 Å². The first-order valence-electron chi connectivity index (χ1n) is 11.4. The molecule has 3 N–H and O–H groups in total. The van der Waals surface area contributed by atoms with Crippen molar-refractivity contribution in [3.05, 3.63) is 52.1 Å². The van der Waals surface area contributed by atoms with E-state index in [4.69, 9.17) is 5.11 Å². The van der Waals surface area contributed by atoms with Gasteiger partial charge < -0.3 is 20.3 Å². The maximum absolute atomic E-state index is 13.6. The van der Waals surface area contributed by atoms with Gasteiger partial charge in [0, 0.05) is 37.1 Å². The second-order valence-electron chi connectivity index (χ2n) is 9.42. The smallest absolute Gasteiger partial charge is 0.317 e. The Bertz CT molecular complexity index is 1190. The minimum atomic E-state index is -0.906. The molecule has 35 heavy (non-hydrogen) atoms. The summed E-state index contributed by atoms with van der Waals surface area (Å²) in [5, 5.41) is 14.5. The molecule has 0 aliphatic carbocycles. The number of Topliss-reactive ketones (excluding diaryl/α,β-unsaturated/α-hetero) is 1. The van der Waals surface area contributed by atoms with Gasteiger partial charge in [-0.25, -0.2) is 4.39 Å². The van der Waals surface area contributed by atoms with Gasteiger partial charge in [-0.3, -0.25) is 24.1 Å².